The molecule has 0 aromatic carbocycles. The van der Waals surface area contributed by atoms with Gasteiger partial charge in [-0.15, -0.1) is 12.6 Å². The molecule has 11 heavy (non-hydrogen) atoms. The fourth-order valence-corrected chi connectivity index (χ4v) is 0.613. The highest BCUT2D eigenvalue weighted by Gasteiger charge is 2.09. The van der Waals surface area contributed by atoms with Crippen LogP contribution in [0.5, 0.6) is 0 Å². The molecular formula is C6H9N3OS. The van der Waals surface area contributed by atoms with Crippen molar-refractivity contribution in [2.45, 2.75) is 0 Å². The van der Waals surface area contributed by atoms with Gasteiger partial charge in [0, 0.05) is 14.1 Å². The fraction of sp³-hybridized carbons (Fsp3) is 0.333. The number of amides is 1. The molecule has 2 N–H and O–H groups in total. The first-order valence-corrected chi connectivity index (χ1v) is 3.35. The number of rotatable bonds is 2. The van der Waals surface area contributed by atoms with Crippen LogP contribution in [0.4, 0.5) is 0 Å². The molecule has 0 rings (SSSR count). The third-order valence-electron chi connectivity index (χ3n) is 1.04. The third-order valence-corrected chi connectivity index (χ3v) is 1.49. The lowest BCUT2D eigenvalue weighted by molar-refractivity contribution is -0.116. The molecule has 0 saturated heterocycles. The lowest BCUT2D eigenvalue weighted by Gasteiger charge is -2.01. The zero-order valence-corrected chi connectivity index (χ0v) is 7.20. The monoisotopic (exact) mass is 171 g/mol. The van der Waals surface area contributed by atoms with Gasteiger partial charge in [-0.25, -0.2) is 0 Å². The molecule has 0 spiro atoms. The van der Waals surface area contributed by atoms with Crippen LogP contribution in [-0.4, -0.2) is 20.0 Å². The van der Waals surface area contributed by atoms with Gasteiger partial charge in [-0.05, 0) is 0 Å². The predicted octanol–water partition coefficient (Wildman–Crippen LogP) is -0.383. The summed E-state index contributed by atoms with van der Waals surface area (Å²) < 4.78 is 0. The van der Waals surface area contributed by atoms with Crippen LogP contribution in [0.1, 0.15) is 0 Å². The summed E-state index contributed by atoms with van der Waals surface area (Å²) in [5, 5.41) is 13.7. The summed E-state index contributed by atoms with van der Waals surface area (Å²) >= 11 is 3.88. The Balaban J connectivity index is 4.69. The predicted molar refractivity (Wildman–Crippen MR) is 44.8 cm³/mol. The minimum atomic E-state index is -0.438. The molecule has 0 radical (unpaired) electrons. The van der Waals surface area contributed by atoms with Gasteiger partial charge in [0.2, 0.25) is 0 Å². The maximum absolute atomic E-state index is 10.9. The second-order valence-electron chi connectivity index (χ2n) is 1.66. The first kappa shape index (κ1) is 9.85. The van der Waals surface area contributed by atoms with E-state index in [4.69, 9.17) is 5.26 Å². The van der Waals surface area contributed by atoms with Crippen LogP contribution >= 0.6 is 12.6 Å². The van der Waals surface area contributed by atoms with Gasteiger partial charge >= 0.3 is 0 Å². The highest BCUT2D eigenvalue weighted by atomic mass is 32.1. The molecule has 0 aliphatic heterocycles. The molecule has 0 aromatic rings. The molecule has 60 valence electrons. The average Bonchev–Trinajstić information content (AvgIpc) is 2.05. The van der Waals surface area contributed by atoms with Crippen LogP contribution in [-0.2, 0) is 4.79 Å². The van der Waals surface area contributed by atoms with E-state index in [2.05, 4.69) is 23.3 Å². The lowest BCUT2D eigenvalue weighted by Crippen LogP contribution is -2.22. The van der Waals surface area contributed by atoms with Crippen LogP contribution in [0.15, 0.2) is 10.6 Å². The van der Waals surface area contributed by atoms with Gasteiger partial charge < -0.3 is 10.6 Å². The quantitative estimate of drug-likeness (QED) is 0.301. The summed E-state index contributed by atoms with van der Waals surface area (Å²) in [6, 6.07) is 1.73. The molecule has 5 heteroatoms. The number of likely N-dealkylation sites (N-methyl/N-ethyl adjacent to an activating group) is 1. The van der Waals surface area contributed by atoms with Crippen LogP contribution in [0.25, 0.3) is 0 Å². The van der Waals surface area contributed by atoms with Gasteiger partial charge in [-0.3, -0.25) is 4.79 Å². The van der Waals surface area contributed by atoms with Crippen molar-refractivity contribution >= 4 is 18.5 Å². The van der Waals surface area contributed by atoms with E-state index in [1.165, 1.54) is 7.05 Å². The number of nitrogens with one attached hydrogen (secondary N) is 2. The van der Waals surface area contributed by atoms with Crippen molar-refractivity contribution in [3.05, 3.63) is 10.6 Å². The highest BCUT2D eigenvalue weighted by molar-refractivity contribution is 7.84. The minimum absolute atomic E-state index is 0.0154. The summed E-state index contributed by atoms with van der Waals surface area (Å²) in [5.74, 6) is -0.438. The largest absolute Gasteiger partial charge is 0.382 e. The van der Waals surface area contributed by atoms with Crippen molar-refractivity contribution in [1.29, 1.82) is 5.26 Å². The van der Waals surface area contributed by atoms with Gasteiger partial charge in [0.05, 0.1) is 5.03 Å². The van der Waals surface area contributed by atoms with Crippen LogP contribution in [0.2, 0.25) is 0 Å². The second-order valence-corrected chi connectivity index (χ2v) is 2.11. The molecule has 0 unspecified atom stereocenters. The summed E-state index contributed by atoms with van der Waals surface area (Å²) in [7, 11) is 3.04. The molecule has 0 aromatic heterocycles. The average molecular weight is 171 g/mol. The van der Waals surface area contributed by atoms with Crippen LogP contribution in [0, 0.1) is 11.3 Å². The van der Waals surface area contributed by atoms with E-state index < -0.39 is 5.91 Å². The number of carbonyl (C=O) groups excluding carboxylic acids is 1. The topological polar surface area (TPSA) is 64.9 Å². The molecule has 0 aliphatic carbocycles. The molecular weight excluding hydrogens is 162 g/mol. The Morgan fingerprint density at radius 3 is 2.27 bits per heavy atom. The first-order chi connectivity index (χ1) is 5.17. The molecule has 0 atom stereocenters. The van der Waals surface area contributed by atoms with Crippen molar-refractivity contribution in [2.75, 3.05) is 14.1 Å². The number of nitrogens with zero attached hydrogens (tertiary/aromatic N) is 1. The van der Waals surface area contributed by atoms with Crippen molar-refractivity contribution in [1.82, 2.24) is 10.6 Å². The maximum atomic E-state index is 10.9. The zero-order chi connectivity index (χ0) is 8.85. The molecule has 0 heterocycles. The SMILES string of the molecule is CNC(=O)/C(C#N)=C(\S)NC. The smallest absolute Gasteiger partial charge is 0.264 e. The molecule has 1 amide bonds. The number of hydrogen-bond acceptors (Lipinski definition) is 4. The van der Waals surface area contributed by atoms with E-state index >= 15 is 0 Å². The standard InChI is InChI=1S/C6H9N3OS/c1-8-5(10)4(3-7)6(11)9-2/h9,11H,1-2H3,(H,8,10)/b6-4-. The van der Waals surface area contributed by atoms with E-state index in [-0.39, 0.29) is 10.6 Å². The van der Waals surface area contributed by atoms with Crippen molar-refractivity contribution in [2.24, 2.45) is 0 Å². The van der Waals surface area contributed by atoms with E-state index in [1.54, 1.807) is 13.1 Å². The Morgan fingerprint density at radius 2 is 2.00 bits per heavy atom. The Morgan fingerprint density at radius 1 is 1.45 bits per heavy atom. The first-order valence-electron chi connectivity index (χ1n) is 2.90. The summed E-state index contributed by atoms with van der Waals surface area (Å²) in [5.41, 5.74) is -0.0154. The fourth-order valence-electron chi connectivity index (χ4n) is 0.461. The number of nitriles is 1. The Hall–Kier alpha value is -1.15. The van der Waals surface area contributed by atoms with Crippen LogP contribution < -0.4 is 10.6 Å². The van der Waals surface area contributed by atoms with Gasteiger partial charge in [-0.2, -0.15) is 5.26 Å². The summed E-state index contributed by atoms with van der Waals surface area (Å²) in [6.45, 7) is 0. The Bertz CT molecular complexity index is 228. The second kappa shape index (κ2) is 4.63. The molecule has 0 aliphatic rings. The highest BCUT2D eigenvalue weighted by Crippen LogP contribution is 2.03. The molecule has 0 saturated carbocycles. The Labute approximate surface area is 70.7 Å². The van der Waals surface area contributed by atoms with Gasteiger partial charge in [0.1, 0.15) is 11.6 Å². The lowest BCUT2D eigenvalue weighted by atomic mass is 10.3. The van der Waals surface area contributed by atoms with E-state index in [0.29, 0.717) is 0 Å². The van der Waals surface area contributed by atoms with Gasteiger partial charge in [-0.1, -0.05) is 0 Å². The summed E-state index contributed by atoms with van der Waals surface area (Å²) in [4.78, 5) is 10.9. The van der Waals surface area contributed by atoms with Crippen LogP contribution in [0.3, 0.4) is 0 Å². The molecule has 4 nitrogen and oxygen atoms in total. The van der Waals surface area contributed by atoms with Gasteiger partial charge in [0.15, 0.2) is 0 Å². The zero-order valence-electron chi connectivity index (χ0n) is 6.30. The van der Waals surface area contributed by atoms with E-state index in [9.17, 15) is 4.79 Å². The maximum Gasteiger partial charge on any atom is 0.264 e. The number of thiol groups is 1. The van der Waals surface area contributed by atoms with E-state index in [0.717, 1.165) is 0 Å². The van der Waals surface area contributed by atoms with Crippen molar-refractivity contribution in [3.8, 4) is 6.07 Å². The number of carbonyl (C=O) groups is 1. The molecule has 0 bridgehead atoms. The van der Waals surface area contributed by atoms with Gasteiger partial charge in [0.25, 0.3) is 5.91 Å². The third kappa shape index (κ3) is 2.51. The molecule has 0 fully saturated rings. The number of hydrogen-bond donors (Lipinski definition) is 3. The normalized spacial score (nSPS) is 11.1. The summed E-state index contributed by atoms with van der Waals surface area (Å²) in [6.07, 6.45) is 0. The van der Waals surface area contributed by atoms with Crippen molar-refractivity contribution < 1.29 is 4.79 Å². The minimum Gasteiger partial charge on any atom is -0.382 e. The van der Waals surface area contributed by atoms with E-state index in [1.807, 2.05) is 0 Å². The Kier molecular flexibility index (Phi) is 4.15. The van der Waals surface area contributed by atoms with Crippen molar-refractivity contribution in [3.63, 3.8) is 0 Å².